The zero-order chi connectivity index (χ0) is 18.8. The van der Waals surface area contributed by atoms with Crippen molar-refractivity contribution in [2.75, 3.05) is 13.1 Å². The number of carbonyl (C=O) groups is 2. The molecule has 5 nitrogen and oxygen atoms in total. The van der Waals surface area contributed by atoms with Gasteiger partial charge in [0.1, 0.15) is 5.82 Å². The van der Waals surface area contributed by atoms with Crippen molar-refractivity contribution in [3.63, 3.8) is 0 Å². The summed E-state index contributed by atoms with van der Waals surface area (Å²) in [6.07, 6.45) is 4.88. The largest absolute Gasteiger partial charge is 0.459 e. The molecule has 1 aliphatic heterocycles. The first-order valence-corrected chi connectivity index (χ1v) is 9.49. The maximum Gasteiger partial charge on any atom is 0.289 e. The number of rotatable bonds is 5. The zero-order valence-corrected chi connectivity index (χ0v) is 15.1. The molecule has 2 fully saturated rings. The summed E-state index contributed by atoms with van der Waals surface area (Å²) in [5.74, 6) is 0.0576. The van der Waals surface area contributed by atoms with Crippen molar-refractivity contribution in [3.8, 4) is 0 Å². The quantitative estimate of drug-likeness (QED) is 0.810. The van der Waals surface area contributed by atoms with Gasteiger partial charge in [-0.15, -0.1) is 0 Å². The second-order valence-corrected chi connectivity index (χ2v) is 7.37. The maximum absolute atomic E-state index is 13.1. The van der Waals surface area contributed by atoms with Gasteiger partial charge in [0, 0.05) is 31.6 Å². The first kappa shape index (κ1) is 17.8. The Balaban J connectivity index is 1.37. The second-order valence-electron chi connectivity index (χ2n) is 7.37. The predicted molar refractivity (Wildman–Crippen MR) is 97.3 cm³/mol. The summed E-state index contributed by atoms with van der Waals surface area (Å²) in [6, 6.07) is 10.0. The number of nitrogens with zero attached hydrogens (tertiary/aromatic N) is 2. The fraction of sp³-hybridized carbons (Fsp3) is 0.429. The lowest BCUT2D eigenvalue weighted by Gasteiger charge is -2.34. The van der Waals surface area contributed by atoms with E-state index >= 15 is 0 Å². The van der Waals surface area contributed by atoms with E-state index in [0.717, 1.165) is 18.4 Å². The molecule has 0 spiro atoms. The van der Waals surface area contributed by atoms with Crippen LogP contribution in [0, 0.1) is 11.7 Å². The van der Waals surface area contributed by atoms with Gasteiger partial charge < -0.3 is 14.2 Å². The minimum Gasteiger partial charge on any atom is -0.459 e. The van der Waals surface area contributed by atoms with Crippen molar-refractivity contribution < 1.29 is 18.4 Å². The molecular weight excluding hydrogens is 347 g/mol. The Labute approximate surface area is 157 Å². The third-order valence-corrected chi connectivity index (χ3v) is 5.40. The van der Waals surface area contributed by atoms with Crippen molar-refractivity contribution in [2.24, 2.45) is 5.92 Å². The highest BCUT2D eigenvalue weighted by molar-refractivity contribution is 5.91. The summed E-state index contributed by atoms with van der Waals surface area (Å²) in [4.78, 5) is 29.2. The number of carbonyl (C=O) groups excluding carboxylic acids is 2. The summed E-state index contributed by atoms with van der Waals surface area (Å²) >= 11 is 0. The fourth-order valence-electron chi connectivity index (χ4n) is 3.68. The average molecular weight is 370 g/mol. The molecular formula is C21H23FN2O3. The molecule has 2 heterocycles. The molecule has 4 rings (SSSR count). The van der Waals surface area contributed by atoms with E-state index in [4.69, 9.17) is 4.42 Å². The van der Waals surface area contributed by atoms with Gasteiger partial charge in [-0.3, -0.25) is 9.59 Å². The van der Waals surface area contributed by atoms with Crippen LogP contribution in [0.2, 0.25) is 0 Å². The molecule has 1 saturated carbocycles. The van der Waals surface area contributed by atoms with Gasteiger partial charge >= 0.3 is 0 Å². The van der Waals surface area contributed by atoms with Crippen LogP contribution >= 0.6 is 0 Å². The van der Waals surface area contributed by atoms with E-state index in [1.165, 1.54) is 18.4 Å². The van der Waals surface area contributed by atoms with E-state index in [9.17, 15) is 14.0 Å². The molecule has 1 aromatic carbocycles. The van der Waals surface area contributed by atoms with Crippen molar-refractivity contribution >= 4 is 11.8 Å². The van der Waals surface area contributed by atoms with Gasteiger partial charge in [-0.1, -0.05) is 12.1 Å². The average Bonchev–Trinajstić information content (AvgIpc) is 3.39. The van der Waals surface area contributed by atoms with E-state index in [1.807, 2.05) is 4.90 Å². The van der Waals surface area contributed by atoms with Crippen molar-refractivity contribution in [3.05, 3.63) is 59.8 Å². The fourth-order valence-corrected chi connectivity index (χ4v) is 3.68. The van der Waals surface area contributed by atoms with E-state index in [1.54, 1.807) is 29.2 Å². The van der Waals surface area contributed by atoms with Gasteiger partial charge in [0.25, 0.3) is 5.91 Å². The summed E-state index contributed by atoms with van der Waals surface area (Å²) < 4.78 is 18.3. The monoisotopic (exact) mass is 370 g/mol. The van der Waals surface area contributed by atoms with E-state index in [-0.39, 0.29) is 23.5 Å². The molecule has 0 unspecified atom stereocenters. The van der Waals surface area contributed by atoms with Gasteiger partial charge in [0.05, 0.1) is 6.26 Å². The minimum absolute atomic E-state index is 0.0632. The third-order valence-electron chi connectivity index (χ3n) is 5.40. The van der Waals surface area contributed by atoms with Crippen LogP contribution in [0.4, 0.5) is 4.39 Å². The maximum atomic E-state index is 13.1. The minimum atomic E-state index is -0.267. The summed E-state index contributed by atoms with van der Waals surface area (Å²) in [7, 11) is 0. The number of hydrogen-bond donors (Lipinski definition) is 0. The van der Waals surface area contributed by atoms with E-state index in [2.05, 4.69) is 0 Å². The first-order chi connectivity index (χ1) is 13.1. The number of hydrogen-bond acceptors (Lipinski definition) is 3. The summed E-state index contributed by atoms with van der Waals surface area (Å²) in [5, 5.41) is 0. The van der Waals surface area contributed by atoms with Crippen LogP contribution in [-0.2, 0) is 11.3 Å². The highest BCUT2D eigenvalue weighted by Gasteiger charge is 2.37. The molecule has 1 aliphatic carbocycles. The topological polar surface area (TPSA) is 53.8 Å². The molecule has 142 valence electrons. The van der Waals surface area contributed by atoms with Crippen molar-refractivity contribution in [1.82, 2.24) is 9.80 Å². The molecule has 2 amide bonds. The standard InChI is InChI=1S/C21H23FN2O3/c22-17-5-3-15(4-6-17)14-24(18-7-8-18)20(25)16-9-11-23(12-10-16)21(26)19-2-1-13-27-19/h1-6,13,16,18H,7-12,14H2. The number of amides is 2. The van der Waals surface area contributed by atoms with Crippen LogP contribution in [0.3, 0.4) is 0 Å². The van der Waals surface area contributed by atoms with Crippen LogP contribution in [-0.4, -0.2) is 40.7 Å². The van der Waals surface area contributed by atoms with Gasteiger partial charge in [-0.05, 0) is 55.5 Å². The molecule has 2 aromatic rings. The Hall–Kier alpha value is -2.63. The Kier molecular flexibility index (Phi) is 4.97. The number of benzene rings is 1. The second kappa shape index (κ2) is 7.55. The normalized spacial score (nSPS) is 17.7. The highest BCUT2D eigenvalue weighted by Crippen LogP contribution is 2.32. The lowest BCUT2D eigenvalue weighted by molar-refractivity contribution is -0.138. The van der Waals surface area contributed by atoms with Gasteiger partial charge in [0.2, 0.25) is 5.91 Å². The van der Waals surface area contributed by atoms with Crippen molar-refractivity contribution in [1.29, 1.82) is 0 Å². The Morgan fingerprint density at radius 2 is 1.78 bits per heavy atom. The van der Waals surface area contributed by atoms with Gasteiger partial charge in [-0.25, -0.2) is 4.39 Å². The number of likely N-dealkylation sites (tertiary alicyclic amines) is 1. The smallest absolute Gasteiger partial charge is 0.289 e. The van der Waals surface area contributed by atoms with E-state index < -0.39 is 0 Å². The van der Waals surface area contributed by atoms with Crippen LogP contribution in [0.15, 0.2) is 47.1 Å². The zero-order valence-electron chi connectivity index (χ0n) is 15.1. The summed E-state index contributed by atoms with van der Waals surface area (Å²) in [5.41, 5.74) is 0.946. The molecule has 1 saturated heterocycles. The SMILES string of the molecule is O=C(c1ccco1)N1CCC(C(=O)N(Cc2ccc(F)cc2)C2CC2)CC1. The van der Waals surface area contributed by atoms with Gasteiger partial charge in [-0.2, -0.15) is 0 Å². The lowest BCUT2D eigenvalue weighted by atomic mass is 9.94. The van der Waals surface area contributed by atoms with Crippen LogP contribution in [0.25, 0.3) is 0 Å². The molecule has 1 aromatic heterocycles. The van der Waals surface area contributed by atoms with Crippen LogP contribution < -0.4 is 0 Å². The molecule has 0 N–H and O–H groups in total. The molecule has 2 aliphatic rings. The predicted octanol–water partition coefficient (Wildman–Crippen LogP) is 3.46. The number of piperidine rings is 1. The Bertz CT molecular complexity index is 791. The van der Waals surface area contributed by atoms with Crippen LogP contribution in [0.1, 0.15) is 41.8 Å². The molecule has 6 heteroatoms. The Morgan fingerprint density at radius 3 is 2.37 bits per heavy atom. The highest BCUT2D eigenvalue weighted by atomic mass is 19.1. The molecule has 27 heavy (non-hydrogen) atoms. The molecule has 0 radical (unpaired) electrons. The van der Waals surface area contributed by atoms with Gasteiger partial charge in [0.15, 0.2) is 5.76 Å². The van der Waals surface area contributed by atoms with Crippen molar-refractivity contribution in [2.45, 2.75) is 38.3 Å². The number of furan rings is 1. The number of halogens is 1. The van der Waals surface area contributed by atoms with E-state index in [0.29, 0.717) is 44.3 Å². The van der Waals surface area contributed by atoms with Crippen LogP contribution in [0.5, 0.6) is 0 Å². The lowest BCUT2D eigenvalue weighted by Crippen LogP contribution is -2.44. The third kappa shape index (κ3) is 4.04. The Morgan fingerprint density at radius 1 is 1.07 bits per heavy atom. The molecule has 0 atom stereocenters. The first-order valence-electron chi connectivity index (χ1n) is 9.49. The molecule has 0 bridgehead atoms. The summed E-state index contributed by atoms with van der Waals surface area (Å²) in [6.45, 7) is 1.64.